The molecule has 0 aliphatic heterocycles. The highest BCUT2D eigenvalue weighted by atomic mass is 32.2. The summed E-state index contributed by atoms with van der Waals surface area (Å²) in [5.41, 5.74) is 6.09. The number of sulfonamides is 1. The number of nitrogens with one attached hydrogen (secondary N) is 1. The van der Waals surface area contributed by atoms with E-state index in [9.17, 15) is 8.42 Å². The van der Waals surface area contributed by atoms with Crippen molar-refractivity contribution in [2.75, 3.05) is 5.73 Å². The zero-order chi connectivity index (χ0) is 13.9. The van der Waals surface area contributed by atoms with Gasteiger partial charge in [0.2, 0.25) is 10.0 Å². The maximum Gasteiger partial charge on any atom is 0.240 e. The molecule has 0 unspecified atom stereocenters. The first-order chi connectivity index (χ1) is 9.01. The van der Waals surface area contributed by atoms with E-state index in [0.717, 1.165) is 11.3 Å². The highest BCUT2D eigenvalue weighted by Crippen LogP contribution is 2.18. The van der Waals surface area contributed by atoms with Crippen molar-refractivity contribution in [1.82, 2.24) is 4.72 Å². The molecule has 19 heavy (non-hydrogen) atoms. The summed E-state index contributed by atoms with van der Waals surface area (Å²) < 4.78 is 26.7. The molecule has 0 atom stereocenters. The van der Waals surface area contributed by atoms with Gasteiger partial charge in [-0.25, -0.2) is 13.1 Å². The van der Waals surface area contributed by atoms with Crippen LogP contribution in [0.25, 0.3) is 0 Å². The fraction of sp³-hybridized carbons (Fsp3) is 0.231. The molecule has 102 valence electrons. The van der Waals surface area contributed by atoms with Gasteiger partial charge in [0.15, 0.2) is 0 Å². The normalized spacial score (nSPS) is 11.6. The molecule has 2 rings (SSSR count). The van der Waals surface area contributed by atoms with Crippen LogP contribution in [0, 0.1) is 0 Å². The van der Waals surface area contributed by atoms with E-state index in [1.807, 2.05) is 12.1 Å². The third-order valence-electron chi connectivity index (χ3n) is 2.69. The Kier molecular flexibility index (Phi) is 4.24. The van der Waals surface area contributed by atoms with E-state index in [-0.39, 0.29) is 4.90 Å². The maximum absolute atomic E-state index is 12.0. The Hall–Kier alpha value is -1.37. The number of nitrogens with two attached hydrogens (primary N) is 1. The fourth-order valence-corrected chi connectivity index (χ4v) is 3.60. The molecule has 0 spiro atoms. The molecule has 0 aliphatic rings. The average molecular weight is 296 g/mol. The third-order valence-corrected chi connectivity index (χ3v) is 5.34. The lowest BCUT2D eigenvalue weighted by Gasteiger charge is -2.05. The van der Waals surface area contributed by atoms with Crippen LogP contribution < -0.4 is 10.5 Å². The molecule has 0 saturated heterocycles. The standard InChI is InChI=1S/C13H16N2O2S2/c1-2-11-5-6-12(18-11)9-15-19(16,17)13-7-3-10(14)4-8-13/h3-8,15H,2,9,14H2,1H3. The van der Waals surface area contributed by atoms with Crippen LogP contribution in [0.2, 0.25) is 0 Å². The second-order valence-corrected chi connectivity index (χ2v) is 7.13. The number of benzene rings is 1. The Morgan fingerprint density at radius 1 is 1.11 bits per heavy atom. The highest BCUT2D eigenvalue weighted by molar-refractivity contribution is 7.89. The van der Waals surface area contributed by atoms with Gasteiger partial charge in [0, 0.05) is 22.0 Å². The van der Waals surface area contributed by atoms with Gasteiger partial charge in [0.05, 0.1) is 4.90 Å². The molecule has 0 saturated carbocycles. The van der Waals surface area contributed by atoms with Gasteiger partial charge in [0.1, 0.15) is 0 Å². The second kappa shape index (κ2) is 5.73. The van der Waals surface area contributed by atoms with E-state index < -0.39 is 10.0 Å². The van der Waals surface area contributed by atoms with Crippen molar-refractivity contribution >= 4 is 27.0 Å². The van der Waals surface area contributed by atoms with Crippen LogP contribution in [-0.2, 0) is 23.0 Å². The van der Waals surface area contributed by atoms with E-state index in [1.165, 1.54) is 17.0 Å². The van der Waals surface area contributed by atoms with Crippen molar-refractivity contribution in [2.24, 2.45) is 0 Å². The van der Waals surface area contributed by atoms with E-state index in [2.05, 4.69) is 11.6 Å². The lowest BCUT2D eigenvalue weighted by molar-refractivity contribution is 0.582. The van der Waals surface area contributed by atoms with E-state index in [0.29, 0.717) is 12.2 Å². The Balaban J connectivity index is 2.07. The zero-order valence-electron chi connectivity index (χ0n) is 10.6. The predicted octanol–water partition coefficient (Wildman–Crippen LogP) is 2.37. The van der Waals surface area contributed by atoms with Gasteiger partial charge >= 0.3 is 0 Å². The van der Waals surface area contributed by atoms with Gasteiger partial charge in [-0.2, -0.15) is 0 Å². The lowest BCUT2D eigenvalue weighted by Crippen LogP contribution is -2.22. The summed E-state index contributed by atoms with van der Waals surface area (Å²) in [5.74, 6) is 0. The van der Waals surface area contributed by atoms with Gasteiger partial charge in [0.25, 0.3) is 0 Å². The molecule has 1 heterocycles. The van der Waals surface area contributed by atoms with E-state index in [4.69, 9.17) is 5.73 Å². The summed E-state index contributed by atoms with van der Waals surface area (Å²) in [5, 5.41) is 0. The first-order valence-corrected chi connectivity index (χ1v) is 8.24. The molecular weight excluding hydrogens is 280 g/mol. The Labute approximate surface area is 117 Å². The molecule has 6 heteroatoms. The molecule has 0 amide bonds. The third kappa shape index (κ3) is 3.56. The van der Waals surface area contributed by atoms with Crippen LogP contribution in [0.1, 0.15) is 16.7 Å². The fourth-order valence-electron chi connectivity index (χ4n) is 1.60. The smallest absolute Gasteiger partial charge is 0.240 e. The molecular formula is C13H16N2O2S2. The van der Waals surface area contributed by atoms with Gasteiger partial charge in [-0.3, -0.25) is 0 Å². The number of anilines is 1. The Morgan fingerprint density at radius 3 is 2.32 bits per heavy atom. The van der Waals surface area contributed by atoms with Crippen LogP contribution in [0.5, 0.6) is 0 Å². The van der Waals surface area contributed by atoms with Crippen LogP contribution in [0.15, 0.2) is 41.3 Å². The van der Waals surface area contributed by atoms with Crippen LogP contribution in [-0.4, -0.2) is 8.42 Å². The number of rotatable bonds is 5. The van der Waals surface area contributed by atoms with Crippen molar-refractivity contribution in [2.45, 2.75) is 24.8 Å². The minimum atomic E-state index is -3.47. The molecule has 0 aliphatic carbocycles. The summed E-state index contributed by atoms with van der Waals surface area (Å²) in [4.78, 5) is 2.49. The summed E-state index contributed by atoms with van der Waals surface area (Å²) in [6.45, 7) is 2.39. The monoisotopic (exact) mass is 296 g/mol. The highest BCUT2D eigenvalue weighted by Gasteiger charge is 2.13. The first kappa shape index (κ1) is 14.0. The predicted molar refractivity (Wildman–Crippen MR) is 78.6 cm³/mol. The topological polar surface area (TPSA) is 72.2 Å². The number of aryl methyl sites for hydroxylation is 1. The Morgan fingerprint density at radius 2 is 1.74 bits per heavy atom. The van der Waals surface area contributed by atoms with Crippen molar-refractivity contribution in [3.63, 3.8) is 0 Å². The van der Waals surface area contributed by atoms with E-state index in [1.54, 1.807) is 23.5 Å². The van der Waals surface area contributed by atoms with Crippen molar-refractivity contribution in [3.05, 3.63) is 46.2 Å². The second-order valence-electron chi connectivity index (χ2n) is 4.12. The number of hydrogen-bond donors (Lipinski definition) is 2. The van der Waals surface area contributed by atoms with Crippen molar-refractivity contribution in [1.29, 1.82) is 0 Å². The zero-order valence-corrected chi connectivity index (χ0v) is 12.2. The van der Waals surface area contributed by atoms with Crippen molar-refractivity contribution < 1.29 is 8.42 Å². The summed E-state index contributed by atoms with van der Waals surface area (Å²) in [6, 6.07) is 10.1. The largest absolute Gasteiger partial charge is 0.399 e. The van der Waals surface area contributed by atoms with Gasteiger partial charge in [-0.15, -0.1) is 11.3 Å². The SMILES string of the molecule is CCc1ccc(CNS(=O)(=O)c2ccc(N)cc2)s1. The Bertz CT molecular complexity index is 646. The van der Waals surface area contributed by atoms with Crippen molar-refractivity contribution in [3.8, 4) is 0 Å². The molecule has 0 radical (unpaired) electrons. The molecule has 1 aromatic heterocycles. The minimum absolute atomic E-state index is 0.231. The van der Waals surface area contributed by atoms with Gasteiger partial charge in [-0.1, -0.05) is 6.92 Å². The number of hydrogen-bond acceptors (Lipinski definition) is 4. The van der Waals surface area contributed by atoms with E-state index >= 15 is 0 Å². The van der Waals surface area contributed by atoms with Gasteiger partial charge < -0.3 is 5.73 Å². The summed E-state index contributed by atoms with van der Waals surface area (Å²) in [6.07, 6.45) is 0.968. The minimum Gasteiger partial charge on any atom is -0.399 e. The van der Waals surface area contributed by atoms with Crippen LogP contribution >= 0.6 is 11.3 Å². The lowest BCUT2D eigenvalue weighted by atomic mass is 10.3. The van der Waals surface area contributed by atoms with Gasteiger partial charge in [-0.05, 0) is 42.8 Å². The molecule has 1 aromatic carbocycles. The quantitative estimate of drug-likeness (QED) is 0.832. The summed E-state index contributed by atoms with van der Waals surface area (Å²) in [7, 11) is -3.47. The molecule has 3 N–H and O–H groups in total. The summed E-state index contributed by atoms with van der Waals surface area (Å²) >= 11 is 1.62. The first-order valence-electron chi connectivity index (χ1n) is 5.94. The molecule has 0 bridgehead atoms. The number of nitrogen functional groups attached to an aromatic ring is 1. The van der Waals surface area contributed by atoms with Crippen LogP contribution in [0.4, 0.5) is 5.69 Å². The maximum atomic E-state index is 12.0. The molecule has 2 aromatic rings. The number of thiophene rings is 1. The van der Waals surface area contributed by atoms with Crippen LogP contribution in [0.3, 0.4) is 0 Å². The molecule has 0 fully saturated rings. The molecule has 4 nitrogen and oxygen atoms in total. The average Bonchev–Trinajstić information content (AvgIpc) is 2.85.